The van der Waals surface area contributed by atoms with E-state index < -0.39 is 0 Å². The van der Waals surface area contributed by atoms with Crippen LogP contribution in [0, 0.1) is 0 Å². The van der Waals surface area contributed by atoms with Gasteiger partial charge in [0.25, 0.3) is 0 Å². The van der Waals surface area contributed by atoms with Crippen molar-refractivity contribution < 1.29 is 4.79 Å². The number of aromatic nitrogens is 3. The zero-order valence-electron chi connectivity index (χ0n) is 15.0. The highest BCUT2D eigenvalue weighted by atomic mass is 16.2. The Hall–Kier alpha value is -2.93. The van der Waals surface area contributed by atoms with Crippen LogP contribution >= 0.6 is 0 Å². The van der Waals surface area contributed by atoms with Crippen LogP contribution in [-0.2, 0) is 11.8 Å². The van der Waals surface area contributed by atoms with Crippen LogP contribution in [0.25, 0.3) is 22.2 Å². The third-order valence-electron chi connectivity index (χ3n) is 4.81. The molecule has 4 rings (SSSR count). The SMILES string of the molecule is CC(=O)N1CCN(Nc2nccc(-c3cn(C)c4ccccc34)n2)CC1. The molecule has 0 saturated carbocycles. The van der Waals surface area contributed by atoms with Crippen molar-refractivity contribution >= 4 is 22.8 Å². The largest absolute Gasteiger partial charge is 0.350 e. The lowest BCUT2D eigenvalue weighted by molar-refractivity contribution is -0.130. The number of fused-ring (bicyclic) bond motifs is 1. The standard InChI is InChI=1S/C19H22N6O/c1-14(26)24-9-11-25(12-10-24)22-19-20-8-7-17(21-19)16-13-23(2)18-6-4-3-5-15(16)18/h3-8,13H,9-12H2,1-2H3,(H,20,21,22). The van der Waals surface area contributed by atoms with E-state index in [1.54, 1.807) is 13.1 Å². The second-order valence-corrected chi connectivity index (χ2v) is 6.54. The summed E-state index contributed by atoms with van der Waals surface area (Å²) >= 11 is 0. The highest BCUT2D eigenvalue weighted by molar-refractivity contribution is 5.95. The van der Waals surface area contributed by atoms with Gasteiger partial charge in [0, 0.05) is 69.0 Å². The van der Waals surface area contributed by atoms with Crippen molar-refractivity contribution in [2.75, 3.05) is 31.6 Å². The Morgan fingerprint density at radius 1 is 1.12 bits per heavy atom. The average molecular weight is 350 g/mol. The number of carbonyl (C=O) groups excluding carboxylic acids is 1. The number of hydrogen-bond acceptors (Lipinski definition) is 5. The first-order valence-electron chi connectivity index (χ1n) is 8.76. The molecule has 134 valence electrons. The lowest BCUT2D eigenvalue weighted by Crippen LogP contribution is -2.50. The molecule has 1 fully saturated rings. The first-order chi connectivity index (χ1) is 12.6. The molecule has 26 heavy (non-hydrogen) atoms. The topological polar surface area (TPSA) is 66.3 Å². The van der Waals surface area contributed by atoms with Crippen molar-refractivity contribution in [2.24, 2.45) is 7.05 Å². The van der Waals surface area contributed by atoms with Crippen molar-refractivity contribution in [3.8, 4) is 11.3 Å². The van der Waals surface area contributed by atoms with Gasteiger partial charge in [-0.2, -0.15) is 0 Å². The number of amides is 1. The van der Waals surface area contributed by atoms with Crippen molar-refractivity contribution in [2.45, 2.75) is 6.92 Å². The smallest absolute Gasteiger partial charge is 0.238 e. The number of rotatable bonds is 3. The van der Waals surface area contributed by atoms with E-state index in [0.717, 1.165) is 24.3 Å². The maximum Gasteiger partial charge on any atom is 0.238 e. The summed E-state index contributed by atoms with van der Waals surface area (Å²) in [5, 5.41) is 3.23. The Morgan fingerprint density at radius 2 is 1.88 bits per heavy atom. The minimum atomic E-state index is 0.124. The van der Waals surface area contributed by atoms with Gasteiger partial charge in [-0.3, -0.25) is 10.2 Å². The second kappa shape index (κ2) is 6.76. The molecule has 0 aliphatic carbocycles. The molecule has 1 amide bonds. The van der Waals surface area contributed by atoms with Gasteiger partial charge in [-0.15, -0.1) is 0 Å². The number of hydrazine groups is 1. The fourth-order valence-electron chi connectivity index (χ4n) is 3.38. The minimum Gasteiger partial charge on any atom is -0.350 e. The minimum absolute atomic E-state index is 0.124. The zero-order valence-corrected chi connectivity index (χ0v) is 15.0. The fourth-order valence-corrected chi connectivity index (χ4v) is 3.38. The molecule has 1 aromatic carbocycles. The molecule has 7 heteroatoms. The van der Waals surface area contributed by atoms with E-state index in [4.69, 9.17) is 4.98 Å². The molecule has 0 bridgehead atoms. The van der Waals surface area contributed by atoms with Gasteiger partial charge in [-0.1, -0.05) is 18.2 Å². The lowest BCUT2D eigenvalue weighted by atomic mass is 10.1. The normalized spacial score (nSPS) is 15.4. The summed E-state index contributed by atoms with van der Waals surface area (Å²) in [5.74, 6) is 0.700. The predicted molar refractivity (Wildman–Crippen MR) is 101 cm³/mol. The van der Waals surface area contributed by atoms with Crippen LogP contribution in [0.1, 0.15) is 6.92 Å². The highest BCUT2D eigenvalue weighted by Crippen LogP contribution is 2.29. The fraction of sp³-hybridized carbons (Fsp3) is 0.316. The predicted octanol–water partition coefficient (Wildman–Crippen LogP) is 2.13. The van der Waals surface area contributed by atoms with Gasteiger partial charge >= 0.3 is 0 Å². The Balaban J connectivity index is 1.55. The monoisotopic (exact) mass is 350 g/mol. The van der Waals surface area contributed by atoms with Crippen LogP contribution in [0.2, 0.25) is 0 Å². The van der Waals surface area contributed by atoms with Crippen LogP contribution < -0.4 is 5.43 Å². The number of nitrogens with zero attached hydrogens (tertiary/aromatic N) is 5. The lowest BCUT2D eigenvalue weighted by Gasteiger charge is -2.34. The van der Waals surface area contributed by atoms with Crippen molar-refractivity contribution in [3.05, 3.63) is 42.7 Å². The molecule has 3 aromatic rings. The van der Waals surface area contributed by atoms with Crippen LogP contribution in [-0.4, -0.2) is 56.5 Å². The Labute approximate surface area is 152 Å². The van der Waals surface area contributed by atoms with Gasteiger partial charge in [0.1, 0.15) is 0 Å². The van der Waals surface area contributed by atoms with Gasteiger partial charge < -0.3 is 9.47 Å². The number of carbonyl (C=O) groups is 1. The number of para-hydroxylation sites is 1. The van der Waals surface area contributed by atoms with Crippen molar-refractivity contribution in [3.63, 3.8) is 0 Å². The van der Waals surface area contributed by atoms with E-state index in [1.165, 1.54) is 10.9 Å². The third-order valence-corrected chi connectivity index (χ3v) is 4.81. The van der Waals surface area contributed by atoms with E-state index in [-0.39, 0.29) is 5.91 Å². The Kier molecular flexibility index (Phi) is 4.30. The molecular weight excluding hydrogens is 328 g/mol. The van der Waals surface area contributed by atoms with Gasteiger partial charge in [0.2, 0.25) is 11.9 Å². The van der Waals surface area contributed by atoms with Crippen LogP contribution in [0.3, 0.4) is 0 Å². The number of nitrogens with one attached hydrogen (secondary N) is 1. The van der Waals surface area contributed by atoms with Crippen LogP contribution in [0.4, 0.5) is 5.95 Å². The van der Waals surface area contributed by atoms with E-state index in [9.17, 15) is 4.79 Å². The summed E-state index contributed by atoms with van der Waals surface area (Å²) in [7, 11) is 2.04. The Bertz CT molecular complexity index is 942. The Morgan fingerprint density at radius 3 is 2.65 bits per heavy atom. The second-order valence-electron chi connectivity index (χ2n) is 6.54. The van der Waals surface area contributed by atoms with Gasteiger partial charge in [0.05, 0.1) is 5.69 Å². The van der Waals surface area contributed by atoms with Crippen LogP contribution in [0.15, 0.2) is 42.7 Å². The number of benzene rings is 1. The molecule has 0 radical (unpaired) electrons. The zero-order chi connectivity index (χ0) is 18.1. The van der Waals surface area contributed by atoms with Gasteiger partial charge in [-0.05, 0) is 12.1 Å². The molecule has 3 heterocycles. The quantitative estimate of drug-likeness (QED) is 0.784. The molecule has 1 aliphatic rings. The van der Waals surface area contributed by atoms with Crippen molar-refractivity contribution in [1.82, 2.24) is 24.4 Å². The van der Waals surface area contributed by atoms with Crippen molar-refractivity contribution in [1.29, 1.82) is 0 Å². The molecule has 0 unspecified atom stereocenters. The first-order valence-corrected chi connectivity index (χ1v) is 8.76. The number of hydrogen-bond donors (Lipinski definition) is 1. The van der Waals surface area contributed by atoms with Crippen LogP contribution in [0.5, 0.6) is 0 Å². The van der Waals surface area contributed by atoms with E-state index >= 15 is 0 Å². The summed E-state index contributed by atoms with van der Waals surface area (Å²) in [5.41, 5.74) is 6.43. The number of anilines is 1. The third kappa shape index (κ3) is 3.13. The number of aryl methyl sites for hydroxylation is 1. The summed E-state index contributed by atoms with van der Waals surface area (Å²) in [4.78, 5) is 22.3. The van der Waals surface area contributed by atoms with Gasteiger partial charge in [-0.25, -0.2) is 15.0 Å². The number of piperazine rings is 1. The maximum atomic E-state index is 11.4. The first kappa shape index (κ1) is 16.5. The molecule has 0 spiro atoms. The molecule has 1 N–H and O–H groups in total. The summed E-state index contributed by atoms with van der Waals surface area (Å²) in [6, 6.07) is 10.2. The van der Waals surface area contributed by atoms with E-state index in [0.29, 0.717) is 19.0 Å². The average Bonchev–Trinajstić information content (AvgIpc) is 3.00. The molecule has 0 atom stereocenters. The van der Waals surface area contributed by atoms with Gasteiger partial charge in [0.15, 0.2) is 0 Å². The molecule has 2 aromatic heterocycles. The highest BCUT2D eigenvalue weighted by Gasteiger charge is 2.19. The summed E-state index contributed by atoms with van der Waals surface area (Å²) in [6.07, 6.45) is 3.88. The maximum absolute atomic E-state index is 11.4. The molecule has 7 nitrogen and oxygen atoms in total. The van der Waals surface area contributed by atoms with E-state index in [1.807, 2.05) is 30.1 Å². The summed E-state index contributed by atoms with van der Waals surface area (Å²) < 4.78 is 2.11. The molecule has 1 aliphatic heterocycles. The molecule has 1 saturated heterocycles. The molecular formula is C19H22N6O. The van der Waals surface area contributed by atoms with E-state index in [2.05, 4.69) is 38.3 Å². The summed E-state index contributed by atoms with van der Waals surface area (Å²) in [6.45, 7) is 4.54.